The summed E-state index contributed by atoms with van der Waals surface area (Å²) in [6.45, 7) is 2.95. The number of thioether (sulfide) groups is 1. The zero-order valence-electron chi connectivity index (χ0n) is 8.64. The predicted molar refractivity (Wildman–Crippen MR) is 68.6 cm³/mol. The van der Waals surface area contributed by atoms with E-state index in [1.807, 2.05) is 17.8 Å². The number of benzene rings is 1. The number of fused-ring (bicyclic) bond motifs is 1. The molecule has 1 heterocycles. The number of nitrogens with zero attached hydrogens (tertiary/aromatic N) is 1. The van der Waals surface area contributed by atoms with Gasteiger partial charge in [-0.25, -0.2) is 4.98 Å². The Balaban J connectivity index is 2.15. The van der Waals surface area contributed by atoms with Crippen LogP contribution in [0.5, 0.6) is 0 Å². The van der Waals surface area contributed by atoms with Crippen molar-refractivity contribution < 1.29 is 0 Å². The number of hydrogen-bond donors (Lipinski definition) is 1. The van der Waals surface area contributed by atoms with E-state index >= 15 is 0 Å². The molecule has 0 aliphatic carbocycles. The normalized spacial score (nSPS) is 13.2. The molecule has 0 amide bonds. The Labute approximate surface area is 97.9 Å². The standard InChI is InChI=1S/C11H14N2S2/c1-8(6-7-12)14-11-13-9-4-2-3-5-10(9)15-11/h2-5,8H,6-7,12H2,1H3. The van der Waals surface area contributed by atoms with E-state index in [1.54, 1.807) is 11.3 Å². The third kappa shape index (κ3) is 2.71. The zero-order valence-corrected chi connectivity index (χ0v) is 10.3. The van der Waals surface area contributed by atoms with Crippen molar-refractivity contribution in [2.45, 2.75) is 22.9 Å². The summed E-state index contributed by atoms with van der Waals surface area (Å²) in [7, 11) is 0. The van der Waals surface area contributed by atoms with Crippen molar-refractivity contribution in [1.82, 2.24) is 4.98 Å². The molecule has 4 heteroatoms. The van der Waals surface area contributed by atoms with Crippen LogP contribution in [0.4, 0.5) is 0 Å². The minimum atomic E-state index is 0.551. The van der Waals surface area contributed by atoms with Gasteiger partial charge >= 0.3 is 0 Å². The van der Waals surface area contributed by atoms with Crippen LogP contribution in [-0.4, -0.2) is 16.8 Å². The van der Waals surface area contributed by atoms with Gasteiger partial charge in [0.15, 0.2) is 4.34 Å². The molecule has 80 valence electrons. The Morgan fingerprint density at radius 2 is 2.27 bits per heavy atom. The average molecular weight is 238 g/mol. The van der Waals surface area contributed by atoms with Crippen molar-refractivity contribution in [3.8, 4) is 0 Å². The van der Waals surface area contributed by atoms with Crippen molar-refractivity contribution in [2.75, 3.05) is 6.54 Å². The number of nitrogens with two attached hydrogens (primary N) is 1. The monoisotopic (exact) mass is 238 g/mol. The van der Waals surface area contributed by atoms with Crippen LogP contribution in [0, 0.1) is 0 Å². The molecular weight excluding hydrogens is 224 g/mol. The zero-order chi connectivity index (χ0) is 10.7. The minimum Gasteiger partial charge on any atom is -0.330 e. The summed E-state index contributed by atoms with van der Waals surface area (Å²) < 4.78 is 2.41. The molecule has 0 radical (unpaired) electrons. The fourth-order valence-corrected chi connectivity index (χ4v) is 3.77. The van der Waals surface area contributed by atoms with Gasteiger partial charge in [0.2, 0.25) is 0 Å². The summed E-state index contributed by atoms with van der Waals surface area (Å²) >= 11 is 3.58. The van der Waals surface area contributed by atoms with Crippen LogP contribution in [0.1, 0.15) is 13.3 Å². The molecule has 0 bridgehead atoms. The Morgan fingerprint density at radius 1 is 1.47 bits per heavy atom. The van der Waals surface area contributed by atoms with Gasteiger partial charge in [-0.2, -0.15) is 0 Å². The van der Waals surface area contributed by atoms with Gasteiger partial charge in [0.1, 0.15) is 0 Å². The molecule has 0 fully saturated rings. The minimum absolute atomic E-state index is 0.551. The fraction of sp³-hybridized carbons (Fsp3) is 0.364. The van der Waals surface area contributed by atoms with Gasteiger partial charge in [-0.3, -0.25) is 0 Å². The van der Waals surface area contributed by atoms with Gasteiger partial charge in [0.05, 0.1) is 10.2 Å². The second kappa shape index (κ2) is 4.96. The molecule has 0 saturated carbocycles. The van der Waals surface area contributed by atoms with Crippen LogP contribution >= 0.6 is 23.1 Å². The maximum Gasteiger partial charge on any atom is 0.151 e. The molecule has 1 atom stereocenters. The maximum atomic E-state index is 5.53. The summed E-state index contributed by atoms with van der Waals surface area (Å²) in [5.74, 6) is 0. The smallest absolute Gasteiger partial charge is 0.151 e. The van der Waals surface area contributed by atoms with E-state index < -0.39 is 0 Å². The van der Waals surface area contributed by atoms with Gasteiger partial charge in [-0.1, -0.05) is 30.8 Å². The van der Waals surface area contributed by atoms with Crippen LogP contribution in [0.3, 0.4) is 0 Å². The lowest BCUT2D eigenvalue weighted by Crippen LogP contribution is -2.06. The molecule has 1 unspecified atom stereocenters. The molecule has 1 aromatic carbocycles. The van der Waals surface area contributed by atoms with Crippen LogP contribution in [0.25, 0.3) is 10.2 Å². The van der Waals surface area contributed by atoms with Gasteiger partial charge in [0.25, 0.3) is 0 Å². The van der Waals surface area contributed by atoms with E-state index in [4.69, 9.17) is 5.73 Å². The van der Waals surface area contributed by atoms with E-state index in [2.05, 4.69) is 30.1 Å². The average Bonchev–Trinajstić information content (AvgIpc) is 2.59. The Hall–Kier alpha value is -0.580. The Kier molecular flexibility index (Phi) is 3.61. The van der Waals surface area contributed by atoms with Crippen molar-refractivity contribution in [1.29, 1.82) is 0 Å². The third-order valence-electron chi connectivity index (χ3n) is 2.15. The van der Waals surface area contributed by atoms with E-state index in [0.717, 1.165) is 22.8 Å². The maximum absolute atomic E-state index is 5.53. The highest BCUT2D eigenvalue weighted by molar-refractivity contribution is 8.01. The number of para-hydroxylation sites is 1. The highest BCUT2D eigenvalue weighted by atomic mass is 32.2. The first-order valence-electron chi connectivity index (χ1n) is 5.02. The van der Waals surface area contributed by atoms with Gasteiger partial charge in [-0.05, 0) is 25.1 Å². The lowest BCUT2D eigenvalue weighted by atomic mass is 10.3. The highest BCUT2D eigenvalue weighted by Gasteiger charge is 2.08. The van der Waals surface area contributed by atoms with Crippen LogP contribution in [0.2, 0.25) is 0 Å². The highest BCUT2D eigenvalue weighted by Crippen LogP contribution is 2.32. The van der Waals surface area contributed by atoms with Crippen molar-refractivity contribution in [2.24, 2.45) is 5.73 Å². The summed E-state index contributed by atoms with van der Waals surface area (Å²) in [5.41, 5.74) is 6.63. The molecule has 2 N–H and O–H groups in total. The van der Waals surface area contributed by atoms with Crippen molar-refractivity contribution in [3.63, 3.8) is 0 Å². The van der Waals surface area contributed by atoms with E-state index in [0.29, 0.717) is 5.25 Å². The molecule has 15 heavy (non-hydrogen) atoms. The molecule has 0 spiro atoms. The third-order valence-corrected chi connectivity index (χ3v) is 4.45. The molecule has 2 aromatic rings. The number of hydrogen-bond acceptors (Lipinski definition) is 4. The number of rotatable bonds is 4. The second-order valence-electron chi connectivity index (χ2n) is 3.45. The largest absolute Gasteiger partial charge is 0.330 e. The lowest BCUT2D eigenvalue weighted by molar-refractivity contribution is 0.823. The molecule has 1 aromatic heterocycles. The first kappa shape index (κ1) is 10.9. The first-order chi connectivity index (χ1) is 7.29. The Morgan fingerprint density at radius 3 is 3.00 bits per heavy atom. The van der Waals surface area contributed by atoms with Crippen LogP contribution in [-0.2, 0) is 0 Å². The fourth-order valence-electron chi connectivity index (χ4n) is 1.37. The SMILES string of the molecule is CC(CCN)Sc1nc2ccccc2s1. The Bertz CT molecular complexity index is 406. The van der Waals surface area contributed by atoms with E-state index in [-0.39, 0.29) is 0 Å². The summed E-state index contributed by atoms with van der Waals surface area (Å²) in [6.07, 6.45) is 1.04. The molecular formula is C11H14N2S2. The van der Waals surface area contributed by atoms with Gasteiger partial charge in [-0.15, -0.1) is 11.3 Å². The quantitative estimate of drug-likeness (QED) is 0.832. The van der Waals surface area contributed by atoms with E-state index in [1.165, 1.54) is 4.70 Å². The van der Waals surface area contributed by atoms with Gasteiger partial charge < -0.3 is 5.73 Å². The van der Waals surface area contributed by atoms with Crippen LogP contribution in [0.15, 0.2) is 28.6 Å². The van der Waals surface area contributed by atoms with Crippen LogP contribution < -0.4 is 5.73 Å². The topological polar surface area (TPSA) is 38.9 Å². The van der Waals surface area contributed by atoms with Crippen molar-refractivity contribution in [3.05, 3.63) is 24.3 Å². The van der Waals surface area contributed by atoms with E-state index in [9.17, 15) is 0 Å². The predicted octanol–water partition coefficient (Wildman–Crippen LogP) is 3.13. The molecule has 2 rings (SSSR count). The van der Waals surface area contributed by atoms with Gasteiger partial charge in [0, 0.05) is 5.25 Å². The molecule has 0 aliphatic heterocycles. The first-order valence-corrected chi connectivity index (χ1v) is 6.71. The number of thiazole rings is 1. The van der Waals surface area contributed by atoms with Crippen molar-refractivity contribution >= 4 is 33.3 Å². The molecule has 0 saturated heterocycles. The number of aromatic nitrogens is 1. The summed E-state index contributed by atoms with van der Waals surface area (Å²) in [5, 5.41) is 0.551. The molecule has 0 aliphatic rings. The lowest BCUT2D eigenvalue weighted by Gasteiger charge is -2.05. The summed E-state index contributed by atoms with van der Waals surface area (Å²) in [6, 6.07) is 8.26. The molecule has 2 nitrogen and oxygen atoms in total. The summed E-state index contributed by atoms with van der Waals surface area (Å²) in [4.78, 5) is 4.58. The second-order valence-corrected chi connectivity index (χ2v) is 6.17.